The number of carbonyl (C=O) groups is 1. The van der Waals surface area contributed by atoms with Gasteiger partial charge >= 0.3 is 0 Å². The van der Waals surface area contributed by atoms with E-state index in [9.17, 15) is 9.18 Å². The van der Waals surface area contributed by atoms with Gasteiger partial charge in [-0.3, -0.25) is 4.79 Å². The monoisotopic (exact) mass is 389 g/mol. The van der Waals surface area contributed by atoms with Crippen molar-refractivity contribution in [1.82, 2.24) is 10.3 Å². The van der Waals surface area contributed by atoms with E-state index in [2.05, 4.69) is 26.2 Å². The van der Waals surface area contributed by atoms with Gasteiger partial charge in [0.2, 0.25) is 0 Å². The number of halogens is 2. The minimum atomic E-state index is -0.699. The Bertz CT molecular complexity index is 945. The summed E-state index contributed by atoms with van der Waals surface area (Å²) in [6.07, 6.45) is 1.35. The van der Waals surface area contributed by atoms with Crippen molar-refractivity contribution >= 4 is 39.0 Å². The van der Waals surface area contributed by atoms with Crippen LogP contribution in [0.4, 0.5) is 10.4 Å². The van der Waals surface area contributed by atoms with Crippen LogP contribution in [0.15, 0.2) is 45.3 Å². The minimum Gasteiger partial charge on any atom is -0.423 e. The van der Waals surface area contributed by atoms with Gasteiger partial charge in [-0.2, -0.15) is 4.98 Å². The molecular formula is C17H13BrFN3O2. The zero-order valence-corrected chi connectivity index (χ0v) is 14.1. The summed E-state index contributed by atoms with van der Waals surface area (Å²) in [6, 6.07) is 9.84. The van der Waals surface area contributed by atoms with Crippen LogP contribution in [0.1, 0.15) is 28.8 Å². The van der Waals surface area contributed by atoms with Gasteiger partial charge in [-0.05, 0) is 37.1 Å². The number of benzene rings is 2. The third kappa shape index (κ3) is 2.36. The molecule has 2 aromatic carbocycles. The molecule has 0 spiro atoms. The highest BCUT2D eigenvalue weighted by molar-refractivity contribution is 9.10. The molecule has 0 saturated heterocycles. The summed E-state index contributed by atoms with van der Waals surface area (Å²) in [5.41, 5.74) is 6.51. The number of hydrogen-bond acceptors (Lipinski definition) is 4. The molecule has 3 aromatic rings. The molecular weight excluding hydrogens is 377 g/mol. The van der Waals surface area contributed by atoms with Crippen LogP contribution in [-0.4, -0.2) is 10.9 Å². The first-order valence-corrected chi connectivity index (χ1v) is 8.21. The Morgan fingerprint density at radius 2 is 2.04 bits per heavy atom. The first-order valence-electron chi connectivity index (χ1n) is 7.42. The van der Waals surface area contributed by atoms with Crippen molar-refractivity contribution in [3.63, 3.8) is 0 Å². The van der Waals surface area contributed by atoms with E-state index in [4.69, 9.17) is 10.2 Å². The van der Waals surface area contributed by atoms with E-state index in [-0.39, 0.29) is 17.7 Å². The van der Waals surface area contributed by atoms with Crippen LogP contribution in [0, 0.1) is 5.82 Å². The molecule has 1 amide bonds. The molecule has 0 unspecified atom stereocenters. The molecule has 1 aliphatic carbocycles. The molecule has 4 rings (SSSR count). The van der Waals surface area contributed by atoms with Crippen molar-refractivity contribution in [2.45, 2.75) is 18.4 Å². The first kappa shape index (κ1) is 15.1. The molecule has 3 N–H and O–H groups in total. The van der Waals surface area contributed by atoms with E-state index in [0.717, 1.165) is 0 Å². The smallest absolute Gasteiger partial charge is 0.293 e. The van der Waals surface area contributed by atoms with E-state index < -0.39 is 5.54 Å². The number of amides is 1. The van der Waals surface area contributed by atoms with Gasteiger partial charge in [0.25, 0.3) is 11.9 Å². The molecule has 1 aromatic heterocycles. The summed E-state index contributed by atoms with van der Waals surface area (Å²) in [4.78, 5) is 16.8. The van der Waals surface area contributed by atoms with Gasteiger partial charge in [0.1, 0.15) is 11.3 Å². The molecule has 1 heterocycles. The summed E-state index contributed by atoms with van der Waals surface area (Å²) in [5.74, 6) is -0.686. The lowest BCUT2D eigenvalue weighted by Gasteiger charge is -2.20. The maximum atomic E-state index is 14.3. The zero-order valence-electron chi connectivity index (χ0n) is 12.5. The highest BCUT2D eigenvalue weighted by Crippen LogP contribution is 2.49. The number of fused-ring (bicyclic) bond motifs is 1. The van der Waals surface area contributed by atoms with Crippen LogP contribution in [0.3, 0.4) is 0 Å². The van der Waals surface area contributed by atoms with Crippen molar-refractivity contribution in [3.05, 3.63) is 57.8 Å². The van der Waals surface area contributed by atoms with Gasteiger partial charge < -0.3 is 15.5 Å². The highest BCUT2D eigenvalue weighted by atomic mass is 79.9. The largest absolute Gasteiger partial charge is 0.423 e. The summed E-state index contributed by atoms with van der Waals surface area (Å²) >= 11 is 3.38. The van der Waals surface area contributed by atoms with Crippen LogP contribution >= 0.6 is 15.9 Å². The fourth-order valence-electron chi connectivity index (χ4n) is 2.95. The average Bonchev–Trinajstić information content (AvgIpc) is 3.18. The van der Waals surface area contributed by atoms with Crippen molar-refractivity contribution in [2.75, 3.05) is 5.73 Å². The molecule has 0 aliphatic heterocycles. The topological polar surface area (TPSA) is 81.1 Å². The highest BCUT2D eigenvalue weighted by Gasteiger charge is 2.48. The third-order valence-electron chi connectivity index (χ3n) is 4.22. The van der Waals surface area contributed by atoms with Gasteiger partial charge in [0, 0.05) is 10.0 Å². The van der Waals surface area contributed by atoms with Crippen LogP contribution < -0.4 is 11.1 Å². The van der Waals surface area contributed by atoms with E-state index in [1.54, 1.807) is 30.3 Å². The van der Waals surface area contributed by atoms with Gasteiger partial charge in [-0.15, -0.1) is 0 Å². The molecule has 1 saturated carbocycles. The average molecular weight is 390 g/mol. The van der Waals surface area contributed by atoms with Crippen LogP contribution in [0.25, 0.3) is 11.1 Å². The number of nitrogens with zero attached hydrogens (tertiary/aromatic N) is 1. The molecule has 5 nitrogen and oxygen atoms in total. The van der Waals surface area contributed by atoms with Crippen LogP contribution in [-0.2, 0) is 5.54 Å². The second kappa shape index (κ2) is 5.31. The van der Waals surface area contributed by atoms with E-state index in [1.807, 2.05) is 0 Å². The molecule has 1 fully saturated rings. The number of rotatable bonds is 3. The Morgan fingerprint density at radius 1 is 1.29 bits per heavy atom. The maximum Gasteiger partial charge on any atom is 0.293 e. The Balaban J connectivity index is 1.71. The Morgan fingerprint density at radius 3 is 2.75 bits per heavy atom. The number of nitrogen functional groups attached to an aromatic ring is 1. The van der Waals surface area contributed by atoms with E-state index >= 15 is 0 Å². The standard InChI is InChI=1S/C17H13BrFN3O2/c18-10-4-2-5-11(19)13(10)17(7-8-17)22-15(23)9-3-1-6-12-14(9)24-16(20)21-12/h1-6H,7-8H2,(H2,20,21)(H,22,23). The molecule has 24 heavy (non-hydrogen) atoms. The van der Waals surface area contributed by atoms with Crippen molar-refractivity contribution < 1.29 is 13.6 Å². The van der Waals surface area contributed by atoms with E-state index in [0.29, 0.717) is 39.5 Å². The molecule has 1 aliphatic rings. The minimum absolute atomic E-state index is 0.00299. The predicted octanol–water partition coefficient (Wildman–Crippen LogP) is 3.73. The van der Waals surface area contributed by atoms with E-state index in [1.165, 1.54) is 6.07 Å². The van der Waals surface area contributed by atoms with Gasteiger partial charge in [0.05, 0.1) is 11.1 Å². The molecule has 0 atom stereocenters. The number of hydrogen-bond donors (Lipinski definition) is 2. The van der Waals surface area contributed by atoms with Crippen LogP contribution in [0.5, 0.6) is 0 Å². The van der Waals surface area contributed by atoms with Crippen molar-refractivity contribution in [1.29, 1.82) is 0 Å². The second-order valence-corrected chi connectivity index (χ2v) is 6.69. The van der Waals surface area contributed by atoms with Gasteiger partial charge in [-0.1, -0.05) is 28.1 Å². The molecule has 0 radical (unpaired) electrons. The fraction of sp³-hybridized carbons (Fsp3) is 0.176. The van der Waals surface area contributed by atoms with Crippen LogP contribution in [0.2, 0.25) is 0 Å². The number of aromatic nitrogens is 1. The third-order valence-corrected chi connectivity index (χ3v) is 4.88. The molecule has 0 bridgehead atoms. The lowest BCUT2D eigenvalue weighted by Crippen LogP contribution is -2.35. The zero-order chi connectivity index (χ0) is 16.9. The summed E-state index contributed by atoms with van der Waals surface area (Å²) in [7, 11) is 0. The number of anilines is 1. The number of para-hydroxylation sites is 1. The normalized spacial score (nSPS) is 15.4. The molecule has 122 valence electrons. The first-order chi connectivity index (χ1) is 11.5. The quantitative estimate of drug-likeness (QED) is 0.714. The number of nitrogens with two attached hydrogens (primary N) is 1. The Kier molecular flexibility index (Phi) is 3.35. The maximum absolute atomic E-state index is 14.3. The molecule has 7 heteroatoms. The summed E-state index contributed by atoms with van der Waals surface area (Å²) in [6.45, 7) is 0. The fourth-order valence-corrected chi connectivity index (χ4v) is 3.67. The number of nitrogens with one attached hydrogen (secondary N) is 1. The Hall–Kier alpha value is -2.41. The van der Waals surface area contributed by atoms with Crippen molar-refractivity contribution in [2.24, 2.45) is 0 Å². The van der Waals surface area contributed by atoms with Gasteiger partial charge in [-0.25, -0.2) is 4.39 Å². The lowest BCUT2D eigenvalue weighted by atomic mass is 10.0. The van der Waals surface area contributed by atoms with Crippen molar-refractivity contribution in [3.8, 4) is 0 Å². The second-order valence-electron chi connectivity index (χ2n) is 5.84. The predicted molar refractivity (Wildman–Crippen MR) is 90.9 cm³/mol. The number of oxazole rings is 1. The summed E-state index contributed by atoms with van der Waals surface area (Å²) in [5, 5.41) is 2.95. The lowest BCUT2D eigenvalue weighted by molar-refractivity contribution is 0.0930. The van der Waals surface area contributed by atoms with Gasteiger partial charge in [0.15, 0.2) is 5.58 Å². The number of carbonyl (C=O) groups excluding carboxylic acids is 1. The Labute approximate surface area is 145 Å². The summed E-state index contributed by atoms with van der Waals surface area (Å²) < 4.78 is 20.2. The SMILES string of the molecule is Nc1nc2cccc(C(=O)NC3(c4c(F)cccc4Br)CC3)c2o1.